The highest BCUT2D eigenvalue weighted by molar-refractivity contribution is 7.20. The fourth-order valence-electron chi connectivity index (χ4n) is 4.51. The summed E-state index contributed by atoms with van der Waals surface area (Å²) in [6.07, 6.45) is 11.3. The predicted octanol–water partition coefficient (Wildman–Crippen LogP) is 9.92. The van der Waals surface area contributed by atoms with Gasteiger partial charge in [-0.2, -0.15) is 0 Å². The zero-order chi connectivity index (χ0) is 22.5. The van der Waals surface area contributed by atoms with Gasteiger partial charge in [0.1, 0.15) is 0 Å². The zero-order valence-electron chi connectivity index (χ0n) is 19.5. The van der Waals surface area contributed by atoms with E-state index in [9.17, 15) is 0 Å². The zero-order valence-corrected chi connectivity index (χ0v) is 21.1. The van der Waals surface area contributed by atoms with Crippen LogP contribution in [-0.4, -0.2) is 0 Å². The maximum absolute atomic E-state index is 4.27. The van der Waals surface area contributed by atoms with E-state index < -0.39 is 0 Å². The van der Waals surface area contributed by atoms with Gasteiger partial charge in [0.05, 0.1) is 0 Å². The van der Waals surface area contributed by atoms with E-state index in [1.165, 1.54) is 78.7 Å². The highest BCUT2D eigenvalue weighted by atomic mass is 32.1. The van der Waals surface area contributed by atoms with Crippen molar-refractivity contribution in [3.05, 3.63) is 88.1 Å². The van der Waals surface area contributed by atoms with Gasteiger partial charge in [-0.05, 0) is 109 Å². The van der Waals surface area contributed by atoms with Crippen LogP contribution in [0.15, 0.2) is 61.7 Å². The SMILES string of the molecule is C=CCCC(=C)c1cc2cc(CCCCCc3cc4cc(C)sc4cc3CC)ccc2s1. The van der Waals surface area contributed by atoms with Crippen molar-refractivity contribution >= 4 is 48.4 Å². The van der Waals surface area contributed by atoms with E-state index in [0.29, 0.717) is 0 Å². The van der Waals surface area contributed by atoms with Crippen molar-refractivity contribution in [2.75, 3.05) is 0 Å². The number of allylic oxidation sites excluding steroid dienone is 2. The number of fused-ring (bicyclic) bond motifs is 2. The Hall–Kier alpha value is -2.16. The molecule has 4 rings (SSSR count). The first-order valence-corrected chi connectivity index (χ1v) is 13.5. The summed E-state index contributed by atoms with van der Waals surface area (Å²) < 4.78 is 2.81. The van der Waals surface area contributed by atoms with Gasteiger partial charge in [0.15, 0.2) is 0 Å². The Balaban J connectivity index is 1.31. The maximum atomic E-state index is 4.27. The van der Waals surface area contributed by atoms with Crippen molar-refractivity contribution in [1.82, 2.24) is 0 Å². The van der Waals surface area contributed by atoms with Crippen molar-refractivity contribution in [1.29, 1.82) is 0 Å². The summed E-state index contributed by atoms with van der Waals surface area (Å²) in [7, 11) is 0. The van der Waals surface area contributed by atoms with Crippen molar-refractivity contribution in [3.63, 3.8) is 0 Å². The van der Waals surface area contributed by atoms with Crippen LogP contribution in [0.2, 0.25) is 0 Å². The summed E-state index contributed by atoms with van der Waals surface area (Å²) in [6.45, 7) is 12.6. The minimum atomic E-state index is 0.999. The average Bonchev–Trinajstić information content (AvgIpc) is 3.38. The molecular formula is C30H34S2. The number of benzene rings is 2. The fraction of sp³-hybridized carbons (Fsp3) is 0.333. The summed E-state index contributed by atoms with van der Waals surface area (Å²) >= 11 is 3.79. The van der Waals surface area contributed by atoms with E-state index in [4.69, 9.17) is 0 Å². The predicted molar refractivity (Wildman–Crippen MR) is 147 cm³/mol. The Morgan fingerprint density at radius 3 is 2.50 bits per heavy atom. The molecule has 0 radical (unpaired) electrons. The molecule has 0 atom stereocenters. The standard InChI is InChI=1S/C30H34S2/c1-5-7-11-21(3)29-20-27-17-23(14-15-28(27)32-29)12-9-8-10-13-25-18-26-16-22(4)31-30(26)19-24(25)6-2/h5,14-20H,1,3,6-13H2,2,4H3. The molecule has 0 N–H and O–H groups in total. The molecule has 0 unspecified atom stereocenters. The van der Waals surface area contributed by atoms with Gasteiger partial charge in [0, 0.05) is 19.2 Å². The van der Waals surface area contributed by atoms with E-state index in [-0.39, 0.29) is 0 Å². The quantitative estimate of drug-likeness (QED) is 0.155. The Morgan fingerprint density at radius 2 is 1.69 bits per heavy atom. The summed E-state index contributed by atoms with van der Waals surface area (Å²) in [5, 5.41) is 2.80. The first kappa shape index (κ1) is 23.0. The summed E-state index contributed by atoms with van der Waals surface area (Å²) in [6, 6.07) is 16.5. The van der Waals surface area contributed by atoms with Gasteiger partial charge in [-0.25, -0.2) is 0 Å². The van der Waals surface area contributed by atoms with E-state index in [1.54, 1.807) is 5.56 Å². The number of aryl methyl sites for hydroxylation is 4. The van der Waals surface area contributed by atoms with Gasteiger partial charge in [-0.15, -0.1) is 29.3 Å². The molecule has 0 aliphatic rings. The largest absolute Gasteiger partial charge is 0.141 e. The Kier molecular flexibility index (Phi) is 7.65. The molecule has 0 saturated heterocycles. The van der Waals surface area contributed by atoms with Crippen LogP contribution in [0.25, 0.3) is 25.7 Å². The van der Waals surface area contributed by atoms with Crippen LogP contribution >= 0.6 is 22.7 Å². The van der Waals surface area contributed by atoms with Crippen LogP contribution in [-0.2, 0) is 19.3 Å². The van der Waals surface area contributed by atoms with Crippen molar-refractivity contribution in [2.45, 2.75) is 65.2 Å². The molecule has 2 heteroatoms. The summed E-state index contributed by atoms with van der Waals surface area (Å²) in [5.74, 6) is 0. The number of hydrogen-bond acceptors (Lipinski definition) is 2. The first-order chi connectivity index (χ1) is 15.6. The van der Waals surface area contributed by atoms with Crippen molar-refractivity contribution in [3.8, 4) is 0 Å². The van der Waals surface area contributed by atoms with Crippen molar-refractivity contribution in [2.24, 2.45) is 0 Å². The van der Waals surface area contributed by atoms with Crippen LogP contribution in [0.5, 0.6) is 0 Å². The lowest BCUT2D eigenvalue weighted by Crippen LogP contribution is -1.94. The van der Waals surface area contributed by atoms with Gasteiger partial charge < -0.3 is 0 Å². The van der Waals surface area contributed by atoms with Crippen molar-refractivity contribution < 1.29 is 0 Å². The Bertz CT molecular complexity index is 1230. The number of thiophene rings is 2. The maximum Gasteiger partial charge on any atom is 0.0349 e. The normalized spacial score (nSPS) is 11.4. The van der Waals surface area contributed by atoms with E-state index in [2.05, 4.69) is 69.5 Å². The highest BCUT2D eigenvalue weighted by Gasteiger charge is 2.08. The molecule has 166 valence electrons. The molecule has 4 aromatic rings. The topological polar surface area (TPSA) is 0 Å². The summed E-state index contributed by atoms with van der Waals surface area (Å²) in [4.78, 5) is 2.73. The number of rotatable bonds is 11. The van der Waals surface area contributed by atoms with Crippen LogP contribution in [0.4, 0.5) is 0 Å². The second kappa shape index (κ2) is 10.6. The van der Waals surface area contributed by atoms with Crippen LogP contribution < -0.4 is 0 Å². The highest BCUT2D eigenvalue weighted by Crippen LogP contribution is 2.33. The Morgan fingerprint density at radius 1 is 0.875 bits per heavy atom. The molecule has 0 amide bonds. The van der Waals surface area contributed by atoms with E-state index in [1.807, 2.05) is 28.7 Å². The third-order valence-corrected chi connectivity index (χ3v) is 8.57. The average molecular weight is 459 g/mol. The van der Waals surface area contributed by atoms with E-state index >= 15 is 0 Å². The lowest BCUT2D eigenvalue weighted by molar-refractivity contribution is 0.676. The minimum Gasteiger partial charge on any atom is -0.141 e. The lowest BCUT2D eigenvalue weighted by atomic mass is 9.97. The lowest BCUT2D eigenvalue weighted by Gasteiger charge is -2.09. The molecule has 0 saturated carbocycles. The van der Waals surface area contributed by atoms with E-state index in [0.717, 1.165) is 19.3 Å². The molecule has 0 bridgehead atoms. The third-order valence-electron chi connectivity index (χ3n) is 6.33. The van der Waals surface area contributed by atoms with Gasteiger partial charge in [-0.3, -0.25) is 0 Å². The number of hydrogen-bond donors (Lipinski definition) is 0. The molecule has 0 aliphatic heterocycles. The molecule has 0 fully saturated rings. The molecule has 2 aromatic heterocycles. The summed E-state index contributed by atoms with van der Waals surface area (Å²) in [5.41, 5.74) is 5.78. The van der Waals surface area contributed by atoms with Crippen LogP contribution in [0, 0.1) is 6.92 Å². The van der Waals surface area contributed by atoms with Crippen LogP contribution in [0.3, 0.4) is 0 Å². The molecule has 0 aliphatic carbocycles. The second-order valence-electron chi connectivity index (χ2n) is 8.84. The second-order valence-corrected chi connectivity index (χ2v) is 11.2. The smallest absolute Gasteiger partial charge is 0.0349 e. The first-order valence-electron chi connectivity index (χ1n) is 11.9. The third kappa shape index (κ3) is 5.42. The van der Waals surface area contributed by atoms with Gasteiger partial charge in [0.25, 0.3) is 0 Å². The Labute approximate surface area is 201 Å². The molecule has 0 spiro atoms. The van der Waals surface area contributed by atoms with Gasteiger partial charge >= 0.3 is 0 Å². The van der Waals surface area contributed by atoms with Gasteiger partial charge in [-0.1, -0.05) is 44.2 Å². The molecule has 2 heterocycles. The molecular weight excluding hydrogens is 424 g/mol. The molecule has 32 heavy (non-hydrogen) atoms. The minimum absolute atomic E-state index is 0.999. The van der Waals surface area contributed by atoms with Gasteiger partial charge in [0.2, 0.25) is 0 Å². The monoisotopic (exact) mass is 458 g/mol. The molecule has 2 aromatic carbocycles. The molecule has 0 nitrogen and oxygen atoms in total. The number of unbranched alkanes of at least 4 members (excludes halogenated alkanes) is 2. The van der Waals surface area contributed by atoms with Crippen LogP contribution in [0.1, 0.15) is 65.5 Å². The fourth-order valence-corrected chi connectivity index (χ4v) is 6.52.